The summed E-state index contributed by atoms with van der Waals surface area (Å²) in [5.41, 5.74) is -0.185. The lowest BCUT2D eigenvalue weighted by Gasteiger charge is -2.20. The third-order valence-electron chi connectivity index (χ3n) is 3.80. The molecule has 8 nitrogen and oxygen atoms in total. The van der Waals surface area contributed by atoms with E-state index in [4.69, 9.17) is 16.9 Å². The van der Waals surface area contributed by atoms with E-state index >= 15 is 0 Å². The molecule has 1 atom stereocenters. The number of carbonyl (C=O) groups excluding carboxylic acids is 1. The van der Waals surface area contributed by atoms with E-state index in [0.29, 0.717) is 0 Å². The van der Waals surface area contributed by atoms with Crippen LogP contribution in [-0.4, -0.2) is 31.8 Å². The summed E-state index contributed by atoms with van der Waals surface area (Å²) < 4.78 is 41.2. The highest BCUT2D eigenvalue weighted by Gasteiger charge is 2.40. The fourth-order valence-electron chi connectivity index (χ4n) is 2.47. The van der Waals surface area contributed by atoms with E-state index in [2.05, 4.69) is 25.7 Å². The van der Waals surface area contributed by atoms with Gasteiger partial charge < -0.3 is 10.6 Å². The van der Waals surface area contributed by atoms with Crippen molar-refractivity contribution in [1.29, 1.82) is 5.26 Å². The molecule has 3 aromatic rings. The molecule has 12 heteroatoms. The number of aromatic nitrogens is 4. The number of nitriles is 1. The van der Waals surface area contributed by atoms with Crippen LogP contribution in [0.3, 0.4) is 0 Å². The standard InChI is InChI=1S/C16H11ClF3N7O/c1-8(16(18,19)20)13-11(6-23-27-7-12(17)26-14(13)27)25-15(28)24-10-2-9(3-21)4-22-5-10/h2,4-8H,1H3,(H2,24,25,28). The van der Waals surface area contributed by atoms with Gasteiger partial charge in [0.25, 0.3) is 0 Å². The molecule has 0 saturated heterocycles. The molecule has 3 aromatic heterocycles. The second-order valence-electron chi connectivity index (χ2n) is 5.72. The van der Waals surface area contributed by atoms with E-state index in [-0.39, 0.29) is 33.3 Å². The predicted molar refractivity (Wildman–Crippen MR) is 94.1 cm³/mol. The first-order valence-corrected chi connectivity index (χ1v) is 8.10. The number of anilines is 2. The van der Waals surface area contributed by atoms with Gasteiger partial charge in [-0.05, 0) is 13.0 Å². The molecule has 0 bridgehead atoms. The topological polar surface area (TPSA) is 108 Å². The van der Waals surface area contributed by atoms with Crippen molar-refractivity contribution in [2.75, 3.05) is 10.6 Å². The van der Waals surface area contributed by atoms with Crippen LogP contribution in [0.15, 0.2) is 30.9 Å². The maximum Gasteiger partial charge on any atom is 0.395 e. The second-order valence-corrected chi connectivity index (χ2v) is 6.11. The Balaban J connectivity index is 1.95. The average molecular weight is 410 g/mol. The molecule has 3 heterocycles. The molecule has 0 aliphatic carbocycles. The maximum absolute atomic E-state index is 13.4. The van der Waals surface area contributed by atoms with Crippen molar-refractivity contribution in [3.8, 4) is 6.07 Å². The Morgan fingerprint density at radius 3 is 2.75 bits per heavy atom. The first-order valence-electron chi connectivity index (χ1n) is 7.72. The van der Waals surface area contributed by atoms with Crippen molar-refractivity contribution in [2.24, 2.45) is 0 Å². The first kappa shape index (κ1) is 19.4. The van der Waals surface area contributed by atoms with Crippen LogP contribution in [0.25, 0.3) is 5.65 Å². The monoisotopic (exact) mass is 409 g/mol. The zero-order valence-corrected chi connectivity index (χ0v) is 14.9. The zero-order chi connectivity index (χ0) is 20.5. The Labute approximate surface area is 161 Å². The third kappa shape index (κ3) is 3.96. The molecule has 2 amide bonds. The van der Waals surface area contributed by atoms with E-state index in [1.54, 1.807) is 0 Å². The Kier molecular flexibility index (Phi) is 5.06. The minimum atomic E-state index is -4.59. The Morgan fingerprint density at radius 2 is 2.07 bits per heavy atom. The van der Waals surface area contributed by atoms with E-state index < -0.39 is 18.1 Å². The second kappa shape index (κ2) is 7.32. The largest absolute Gasteiger partial charge is 0.395 e. The number of pyridine rings is 1. The minimum Gasteiger partial charge on any atom is -0.306 e. The van der Waals surface area contributed by atoms with Crippen LogP contribution in [0.2, 0.25) is 5.15 Å². The number of urea groups is 1. The summed E-state index contributed by atoms with van der Waals surface area (Å²) in [4.78, 5) is 19.9. The van der Waals surface area contributed by atoms with Crippen LogP contribution in [-0.2, 0) is 0 Å². The van der Waals surface area contributed by atoms with Gasteiger partial charge in [-0.25, -0.2) is 14.3 Å². The number of halogens is 4. The van der Waals surface area contributed by atoms with Crippen molar-refractivity contribution in [2.45, 2.75) is 19.0 Å². The molecule has 0 aromatic carbocycles. The third-order valence-corrected chi connectivity index (χ3v) is 3.98. The quantitative estimate of drug-likeness (QED) is 0.680. The normalized spacial score (nSPS) is 12.4. The molecule has 3 rings (SSSR count). The Bertz CT molecular complexity index is 1090. The molecular weight excluding hydrogens is 399 g/mol. The van der Waals surface area contributed by atoms with Gasteiger partial charge in [0.1, 0.15) is 11.2 Å². The number of rotatable bonds is 3. The van der Waals surface area contributed by atoms with Gasteiger partial charge in [0, 0.05) is 11.8 Å². The summed E-state index contributed by atoms with van der Waals surface area (Å²) in [5.74, 6) is -1.95. The molecule has 1 unspecified atom stereocenters. The van der Waals surface area contributed by atoms with Crippen molar-refractivity contribution >= 4 is 34.7 Å². The van der Waals surface area contributed by atoms with Crippen molar-refractivity contribution < 1.29 is 18.0 Å². The summed E-state index contributed by atoms with van der Waals surface area (Å²) in [6.45, 7) is 0.946. The number of amides is 2. The van der Waals surface area contributed by atoms with Crippen molar-refractivity contribution in [1.82, 2.24) is 19.6 Å². The number of hydrogen-bond acceptors (Lipinski definition) is 5. The number of carbonyl (C=O) groups is 1. The fraction of sp³-hybridized carbons (Fsp3) is 0.188. The van der Waals surface area contributed by atoms with E-state index in [1.165, 1.54) is 24.7 Å². The highest BCUT2D eigenvalue weighted by Crippen LogP contribution is 2.39. The van der Waals surface area contributed by atoms with Crippen LogP contribution in [0.5, 0.6) is 0 Å². The molecule has 0 saturated carbocycles. The average Bonchev–Trinajstić information content (AvgIpc) is 3.00. The molecular formula is C16H11ClF3N7O. The fourth-order valence-corrected chi connectivity index (χ4v) is 2.64. The maximum atomic E-state index is 13.4. The number of nitrogens with zero attached hydrogens (tertiary/aromatic N) is 5. The number of nitrogens with one attached hydrogen (secondary N) is 2. The van der Waals surface area contributed by atoms with Gasteiger partial charge >= 0.3 is 12.2 Å². The molecule has 0 radical (unpaired) electrons. The summed E-state index contributed by atoms with van der Waals surface area (Å²) in [7, 11) is 0. The molecule has 0 aliphatic heterocycles. The van der Waals surface area contributed by atoms with Crippen LogP contribution in [0.1, 0.15) is 24.0 Å². The van der Waals surface area contributed by atoms with Crippen LogP contribution in [0.4, 0.5) is 29.3 Å². The van der Waals surface area contributed by atoms with E-state index in [1.807, 2.05) is 6.07 Å². The van der Waals surface area contributed by atoms with E-state index in [0.717, 1.165) is 17.6 Å². The van der Waals surface area contributed by atoms with Crippen LogP contribution in [0, 0.1) is 11.3 Å². The predicted octanol–water partition coefficient (Wildman–Crippen LogP) is 3.96. The summed E-state index contributed by atoms with van der Waals surface area (Å²) in [6.07, 6.45) is 0.332. The molecule has 0 fully saturated rings. The molecule has 144 valence electrons. The smallest absolute Gasteiger partial charge is 0.306 e. The Morgan fingerprint density at radius 1 is 1.32 bits per heavy atom. The number of fused-ring (bicyclic) bond motifs is 1. The summed E-state index contributed by atoms with van der Waals surface area (Å²) in [5, 5.41) is 17.5. The number of imidazole rings is 1. The highest BCUT2D eigenvalue weighted by atomic mass is 35.5. The summed E-state index contributed by atoms with van der Waals surface area (Å²) >= 11 is 5.78. The van der Waals surface area contributed by atoms with Gasteiger partial charge in [0.05, 0.1) is 41.4 Å². The molecule has 0 spiro atoms. The van der Waals surface area contributed by atoms with Crippen molar-refractivity contribution in [3.63, 3.8) is 0 Å². The van der Waals surface area contributed by atoms with Crippen LogP contribution < -0.4 is 10.6 Å². The van der Waals surface area contributed by atoms with Gasteiger partial charge in [-0.15, -0.1) is 0 Å². The first-order chi connectivity index (χ1) is 13.2. The van der Waals surface area contributed by atoms with Crippen LogP contribution >= 0.6 is 11.6 Å². The van der Waals surface area contributed by atoms with Gasteiger partial charge in [0.15, 0.2) is 5.65 Å². The molecule has 0 aliphatic rings. The molecule has 28 heavy (non-hydrogen) atoms. The summed E-state index contributed by atoms with van der Waals surface area (Å²) in [6, 6.07) is 2.39. The van der Waals surface area contributed by atoms with Gasteiger partial charge in [-0.1, -0.05) is 11.6 Å². The lowest BCUT2D eigenvalue weighted by molar-refractivity contribution is -0.146. The SMILES string of the molecule is CC(c1c(NC(=O)Nc2cncc(C#N)c2)cnn2cc(Cl)nc12)C(F)(F)F. The van der Waals surface area contributed by atoms with E-state index in [9.17, 15) is 18.0 Å². The molecule has 2 N–H and O–H groups in total. The van der Waals surface area contributed by atoms with Gasteiger partial charge in [-0.2, -0.15) is 23.5 Å². The minimum absolute atomic E-state index is 0.0379. The number of hydrogen-bond donors (Lipinski definition) is 2. The lowest BCUT2D eigenvalue weighted by Crippen LogP contribution is -2.24. The number of alkyl halides is 3. The van der Waals surface area contributed by atoms with Crippen molar-refractivity contribution in [3.05, 3.63) is 47.1 Å². The van der Waals surface area contributed by atoms with Gasteiger partial charge in [0.2, 0.25) is 0 Å². The Hall–Kier alpha value is -3.39. The zero-order valence-electron chi connectivity index (χ0n) is 14.1. The van der Waals surface area contributed by atoms with Gasteiger partial charge in [-0.3, -0.25) is 4.98 Å². The highest BCUT2D eigenvalue weighted by molar-refractivity contribution is 6.29. The lowest BCUT2D eigenvalue weighted by atomic mass is 10.0.